The van der Waals surface area contributed by atoms with Crippen molar-refractivity contribution in [2.45, 2.75) is 77.4 Å². The number of hydrogen-bond acceptors (Lipinski definition) is 4. The molecule has 0 amide bonds. The summed E-state index contributed by atoms with van der Waals surface area (Å²) in [5.41, 5.74) is 4.19. The van der Waals surface area contributed by atoms with Crippen molar-refractivity contribution in [2.24, 2.45) is 0 Å². The zero-order valence-corrected chi connectivity index (χ0v) is 19.2. The summed E-state index contributed by atoms with van der Waals surface area (Å²) in [6, 6.07) is 8.47. The van der Waals surface area contributed by atoms with Crippen molar-refractivity contribution < 1.29 is 19.0 Å². The monoisotopic (exact) mass is 425 g/mol. The third-order valence-electron chi connectivity index (χ3n) is 5.42. The third kappa shape index (κ3) is 5.59. The molecule has 1 aromatic heterocycles. The van der Waals surface area contributed by atoms with Gasteiger partial charge in [-0.2, -0.15) is 0 Å². The number of rotatable bonds is 3. The Hall–Kier alpha value is -2.53. The largest absolute Gasteiger partial charge is 0.458 e. The Labute approximate surface area is 184 Å². The lowest BCUT2D eigenvalue weighted by Crippen LogP contribution is -2.31. The van der Waals surface area contributed by atoms with Crippen molar-refractivity contribution >= 4 is 12.0 Å². The second-order valence-corrected chi connectivity index (χ2v) is 10.3. The van der Waals surface area contributed by atoms with E-state index in [9.17, 15) is 14.3 Å². The minimum absolute atomic E-state index is 0.0280. The molecule has 4 nitrogen and oxygen atoms in total. The van der Waals surface area contributed by atoms with E-state index < -0.39 is 18.2 Å². The number of pyridine rings is 1. The molecule has 0 bridgehead atoms. The Bertz CT molecular complexity index is 981. The van der Waals surface area contributed by atoms with E-state index in [0.29, 0.717) is 6.42 Å². The van der Waals surface area contributed by atoms with Crippen LogP contribution in [0.15, 0.2) is 36.4 Å². The molecule has 0 spiro atoms. The second kappa shape index (κ2) is 8.54. The molecule has 3 rings (SSSR count). The van der Waals surface area contributed by atoms with Crippen LogP contribution >= 0.6 is 0 Å². The molecule has 0 radical (unpaired) electrons. The minimum atomic E-state index is -0.698. The summed E-state index contributed by atoms with van der Waals surface area (Å²) < 4.78 is 19.0. The molecule has 166 valence electrons. The average Bonchev–Trinajstić information content (AvgIpc) is 2.64. The average molecular weight is 426 g/mol. The summed E-state index contributed by atoms with van der Waals surface area (Å²) in [5, 5.41) is 9.93. The van der Waals surface area contributed by atoms with Crippen molar-refractivity contribution in [2.75, 3.05) is 0 Å². The number of aromatic nitrogens is 1. The fourth-order valence-corrected chi connectivity index (χ4v) is 3.69. The number of aliphatic hydroxyl groups is 1. The fourth-order valence-electron chi connectivity index (χ4n) is 3.69. The summed E-state index contributed by atoms with van der Waals surface area (Å²) in [6.45, 7) is 12.8. The van der Waals surface area contributed by atoms with Gasteiger partial charge < -0.3 is 9.84 Å². The second-order valence-electron chi connectivity index (χ2n) is 10.3. The van der Waals surface area contributed by atoms with Crippen molar-refractivity contribution in [1.82, 2.24) is 4.98 Å². The normalized spacial score (nSPS) is 20.2. The first-order valence-electron chi connectivity index (χ1n) is 10.7. The van der Waals surface area contributed by atoms with Crippen LogP contribution in [0.4, 0.5) is 4.39 Å². The lowest BCUT2D eigenvalue weighted by atomic mass is 9.79. The van der Waals surface area contributed by atoms with Crippen LogP contribution in [0.5, 0.6) is 0 Å². The third-order valence-corrected chi connectivity index (χ3v) is 5.42. The molecule has 1 saturated heterocycles. The quantitative estimate of drug-likeness (QED) is 0.654. The number of benzene rings is 1. The van der Waals surface area contributed by atoms with E-state index in [4.69, 9.17) is 9.72 Å². The van der Waals surface area contributed by atoms with E-state index in [0.717, 1.165) is 28.1 Å². The highest BCUT2D eigenvalue weighted by Crippen LogP contribution is 2.37. The number of ether oxygens (including phenoxy) is 1. The van der Waals surface area contributed by atoms with Gasteiger partial charge >= 0.3 is 5.97 Å². The predicted octanol–water partition coefficient (Wildman–Crippen LogP) is 5.56. The number of aliphatic hydroxyl groups excluding tert-OH is 1. The van der Waals surface area contributed by atoms with Gasteiger partial charge in [-0.3, -0.25) is 9.78 Å². The first kappa shape index (κ1) is 23.1. The van der Waals surface area contributed by atoms with Crippen LogP contribution in [0.3, 0.4) is 0 Å². The van der Waals surface area contributed by atoms with Gasteiger partial charge in [0.05, 0.1) is 18.2 Å². The van der Waals surface area contributed by atoms with Gasteiger partial charge in [-0.05, 0) is 47.4 Å². The molecule has 1 N–H and O–H groups in total. The number of hydrogen-bond donors (Lipinski definition) is 1. The van der Waals surface area contributed by atoms with Gasteiger partial charge in [0.25, 0.3) is 0 Å². The van der Waals surface area contributed by atoms with E-state index in [-0.39, 0.29) is 23.1 Å². The molecule has 2 heterocycles. The van der Waals surface area contributed by atoms with Gasteiger partial charge in [0, 0.05) is 28.7 Å². The smallest absolute Gasteiger partial charge is 0.309 e. The number of halogens is 1. The van der Waals surface area contributed by atoms with Crippen LogP contribution in [0.2, 0.25) is 0 Å². The van der Waals surface area contributed by atoms with Crippen molar-refractivity contribution in [1.29, 1.82) is 0 Å². The molecule has 0 aliphatic carbocycles. The highest BCUT2D eigenvalue weighted by Gasteiger charge is 2.28. The van der Waals surface area contributed by atoms with Gasteiger partial charge in [-0.15, -0.1) is 0 Å². The van der Waals surface area contributed by atoms with E-state index >= 15 is 0 Å². The van der Waals surface area contributed by atoms with Crippen molar-refractivity contribution in [3.63, 3.8) is 0 Å². The standard InChI is InChI=1S/C26H32FNO3/c1-25(2,3)21-15-22(26(4,5)6)28-24(16-7-9-17(27)10-8-16)20(21)12-11-19-13-18(29)14-23(30)31-19/h7-12,15,18-19,29H,13-14H2,1-6H3/b12-11+/t18-,19-/m1/s1. The molecular formula is C26H32FNO3. The molecule has 1 fully saturated rings. The minimum Gasteiger partial charge on any atom is -0.458 e. The molecule has 5 heteroatoms. The molecule has 1 aromatic carbocycles. The zero-order chi connectivity index (χ0) is 23.0. The van der Waals surface area contributed by atoms with Gasteiger partial charge in [0.1, 0.15) is 11.9 Å². The maximum Gasteiger partial charge on any atom is 0.309 e. The Balaban J connectivity index is 2.19. The topological polar surface area (TPSA) is 59.4 Å². The Morgan fingerprint density at radius 2 is 1.74 bits per heavy atom. The van der Waals surface area contributed by atoms with Crippen molar-refractivity contribution in [3.8, 4) is 11.3 Å². The molecule has 0 unspecified atom stereocenters. The number of carbonyl (C=O) groups excluding carboxylic acids is 1. The van der Waals surface area contributed by atoms with Crippen LogP contribution in [0.1, 0.15) is 71.2 Å². The van der Waals surface area contributed by atoms with Gasteiger partial charge in [0.15, 0.2) is 0 Å². The molecular weight excluding hydrogens is 393 g/mol. The molecule has 1 aliphatic rings. The molecule has 31 heavy (non-hydrogen) atoms. The maximum atomic E-state index is 13.6. The van der Waals surface area contributed by atoms with Gasteiger partial charge in [-0.1, -0.05) is 47.6 Å². The number of esters is 1. The number of nitrogens with zero attached hydrogens (tertiary/aromatic N) is 1. The first-order valence-corrected chi connectivity index (χ1v) is 10.7. The Kier molecular flexibility index (Phi) is 6.38. The lowest BCUT2D eigenvalue weighted by molar-refractivity contribution is -0.156. The summed E-state index contributed by atoms with van der Waals surface area (Å²) in [6.07, 6.45) is 2.95. The SMILES string of the molecule is CC(C)(C)c1cc(C(C)(C)C)c(/C=C/[C@@H]2C[C@@H](O)CC(=O)O2)c(-c2ccc(F)cc2)n1. The molecule has 2 atom stereocenters. The molecule has 0 saturated carbocycles. The van der Waals surface area contributed by atoms with Crippen LogP contribution in [-0.2, 0) is 20.4 Å². The van der Waals surface area contributed by atoms with E-state index in [2.05, 4.69) is 47.6 Å². The number of carbonyl (C=O) groups is 1. The van der Waals surface area contributed by atoms with Crippen LogP contribution < -0.4 is 0 Å². The maximum absolute atomic E-state index is 13.6. The van der Waals surface area contributed by atoms with E-state index in [1.807, 2.05) is 12.2 Å². The summed E-state index contributed by atoms with van der Waals surface area (Å²) in [4.78, 5) is 16.7. The fraction of sp³-hybridized carbons (Fsp3) is 0.462. The van der Waals surface area contributed by atoms with Crippen LogP contribution in [-0.4, -0.2) is 28.3 Å². The summed E-state index contributed by atoms with van der Waals surface area (Å²) in [7, 11) is 0. The first-order chi connectivity index (χ1) is 14.3. The Morgan fingerprint density at radius 1 is 1.10 bits per heavy atom. The van der Waals surface area contributed by atoms with Crippen LogP contribution in [0.25, 0.3) is 17.3 Å². The van der Waals surface area contributed by atoms with Gasteiger partial charge in [-0.25, -0.2) is 4.39 Å². The molecule has 1 aliphatic heterocycles. The predicted molar refractivity (Wildman–Crippen MR) is 121 cm³/mol. The lowest BCUT2D eigenvalue weighted by Gasteiger charge is -2.28. The number of cyclic esters (lactones) is 1. The zero-order valence-electron chi connectivity index (χ0n) is 19.2. The Morgan fingerprint density at radius 3 is 2.29 bits per heavy atom. The van der Waals surface area contributed by atoms with E-state index in [1.54, 1.807) is 12.1 Å². The summed E-state index contributed by atoms with van der Waals surface area (Å²) in [5.74, 6) is -0.698. The highest BCUT2D eigenvalue weighted by molar-refractivity contribution is 5.76. The van der Waals surface area contributed by atoms with Gasteiger partial charge in [0.2, 0.25) is 0 Å². The van der Waals surface area contributed by atoms with Crippen LogP contribution in [0, 0.1) is 5.82 Å². The van der Waals surface area contributed by atoms with E-state index in [1.165, 1.54) is 12.1 Å². The summed E-state index contributed by atoms with van der Waals surface area (Å²) >= 11 is 0. The molecule has 2 aromatic rings. The highest BCUT2D eigenvalue weighted by atomic mass is 19.1. The van der Waals surface area contributed by atoms with Crippen molar-refractivity contribution in [3.05, 3.63) is 59.0 Å².